The molecule has 0 atom stereocenters. The first-order valence-corrected chi connectivity index (χ1v) is 2.61. The number of hydrogen-bond donors (Lipinski definition) is 1. The third kappa shape index (κ3) is 2.63. The van der Waals surface area contributed by atoms with Crippen LogP contribution in [0.15, 0.2) is 12.0 Å². The second kappa shape index (κ2) is 4.64. The Morgan fingerprint density at radius 3 is 2.62 bits per heavy atom. The highest BCUT2D eigenvalue weighted by atomic mass is 79.9. The zero-order valence-corrected chi connectivity index (χ0v) is 5.94. The second-order valence-electron chi connectivity index (χ2n) is 1.03. The van der Waals surface area contributed by atoms with Crippen LogP contribution in [0.5, 0.6) is 0 Å². The van der Waals surface area contributed by atoms with E-state index in [2.05, 4.69) is 25.4 Å². The van der Waals surface area contributed by atoms with Gasteiger partial charge in [-0.1, -0.05) is 0 Å². The molecule has 0 aromatic rings. The van der Waals surface area contributed by atoms with E-state index < -0.39 is 0 Å². The van der Waals surface area contributed by atoms with Crippen molar-refractivity contribution < 1.29 is 8.62 Å². The highest BCUT2D eigenvalue weighted by molar-refractivity contribution is 9.06. The summed E-state index contributed by atoms with van der Waals surface area (Å²) in [6.45, 7) is 0. The predicted molar refractivity (Wildman–Crippen MR) is 33.2 cm³/mol. The maximum Gasteiger partial charge on any atom is 0.191 e. The van der Waals surface area contributed by atoms with Gasteiger partial charge in [-0.05, 0) is 0 Å². The monoisotopic (exact) mass is 179 g/mol. The molecule has 0 rings (SSSR count). The van der Waals surface area contributed by atoms with E-state index in [-0.39, 0.29) is 5.76 Å². The van der Waals surface area contributed by atoms with Crippen molar-refractivity contribution in [3.05, 3.63) is 12.0 Å². The van der Waals surface area contributed by atoms with Crippen LogP contribution in [0.1, 0.15) is 0 Å². The molecule has 0 spiro atoms. The van der Waals surface area contributed by atoms with E-state index in [1.165, 1.54) is 6.20 Å². The van der Waals surface area contributed by atoms with Crippen LogP contribution in [0.25, 0.3) is 0 Å². The highest BCUT2D eigenvalue weighted by Crippen LogP contribution is 1.95. The fourth-order valence-corrected chi connectivity index (χ4v) is 0.386. The van der Waals surface area contributed by atoms with Crippen molar-refractivity contribution in [1.82, 2.24) is 5.32 Å². The molecule has 0 aliphatic rings. The number of carbonyl (C=O) groups excluding carboxylic acids is 1. The summed E-state index contributed by atoms with van der Waals surface area (Å²) in [5, 5.41) is 2.62. The van der Waals surface area contributed by atoms with Crippen LogP contribution in [-0.2, 0) is 8.62 Å². The van der Waals surface area contributed by atoms with Crippen molar-refractivity contribution in [3.8, 4) is 0 Å². The third-order valence-corrected chi connectivity index (χ3v) is 0.866. The Morgan fingerprint density at radius 2 is 2.50 bits per heavy atom. The van der Waals surface area contributed by atoms with Crippen molar-refractivity contribution in [1.29, 1.82) is 0 Å². The molecule has 1 N–H and O–H groups in total. The Bertz CT molecular complexity index is 102. The van der Waals surface area contributed by atoms with Gasteiger partial charge >= 0.3 is 0 Å². The number of allylic oxidation sites excluding steroid dienone is 1. The van der Waals surface area contributed by atoms with Crippen LogP contribution in [0.4, 0.5) is 0 Å². The minimum Gasteiger partial charge on any atom is -0.413 e. The van der Waals surface area contributed by atoms with Gasteiger partial charge in [0.15, 0.2) is 28.3 Å². The molecular weight excluding hydrogens is 174 g/mol. The molecule has 0 aliphatic heterocycles. The smallest absolute Gasteiger partial charge is 0.191 e. The normalized spacial score (nSPS) is 10.5. The summed E-state index contributed by atoms with van der Waals surface area (Å²) in [6.07, 6.45) is 2.02. The van der Waals surface area contributed by atoms with Crippen molar-refractivity contribution >= 4 is 22.5 Å². The van der Waals surface area contributed by atoms with Gasteiger partial charge in [0.25, 0.3) is 0 Å². The molecule has 0 fully saturated rings. The minimum atomic E-state index is 0.215. The SMILES string of the molecule is CN/C=C(/C=O)OBr. The highest BCUT2D eigenvalue weighted by Gasteiger charge is 1.87. The molecular formula is C4H6BrNO2. The maximum absolute atomic E-state index is 9.86. The molecule has 3 nitrogen and oxygen atoms in total. The molecule has 0 aliphatic carbocycles. The van der Waals surface area contributed by atoms with E-state index in [4.69, 9.17) is 0 Å². The van der Waals surface area contributed by atoms with E-state index >= 15 is 0 Å². The summed E-state index contributed by atoms with van der Waals surface area (Å²) in [5.74, 6) is 0.215. The number of nitrogens with one attached hydrogen (secondary N) is 1. The summed E-state index contributed by atoms with van der Waals surface area (Å²) in [5.41, 5.74) is 0. The van der Waals surface area contributed by atoms with Gasteiger partial charge in [0.05, 0.1) is 0 Å². The molecule has 0 aromatic heterocycles. The van der Waals surface area contributed by atoms with E-state index in [0.29, 0.717) is 6.29 Å². The van der Waals surface area contributed by atoms with Crippen LogP contribution in [0.2, 0.25) is 0 Å². The van der Waals surface area contributed by atoms with E-state index in [9.17, 15) is 4.79 Å². The lowest BCUT2D eigenvalue weighted by Crippen LogP contribution is -1.96. The molecule has 0 radical (unpaired) electrons. The summed E-state index contributed by atoms with van der Waals surface area (Å²) >= 11 is 2.64. The van der Waals surface area contributed by atoms with Crippen molar-refractivity contribution in [3.63, 3.8) is 0 Å². The van der Waals surface area contributed by atoms with Crippen LogP contribution in [0.3, 0.4) is 0 Å². The molecule has 0 heterocycles. The molecule has 4 heteroatoms. The molecule has 8 heavy (non-hydrogen) atoms. The Morgan fingerprint density at radius 1 is 1.88 bits per heavy atom. The zero-order valence-electron chi connectivity index (χ0n) is 4.35. The Hall–Kier alpha value is -0.510. The molecule has 0 amide bonds. The van der Waals surface area contributed by atoms with Gasteiger partial charge in [-0.15, -0.1) is 0 Å². The number of aldehydes is 1. The van der Waals surface area contributed by atoms with Gasteiger partial charge in [0.1, 0.15) is 0 Å². The van der Waals surface area contributed by atoms with E-state index in [0.717, 1.165) is 0 Å². The number of rotatable bonds is 3. The first kappa shape index (κ1) is 7.49. The predicted octanol–water partition coefficient (Wildman–Crippen LogP) is 0.573. The largest absolute Gasteiger partial charge is 0.413 e. The summed E-state index contributed by atoms with van der Waals surface area (Å²) < 4.78 is 4.38. The zero-order chi connectivity index (χ0) is 6.41. The fraction of sp³-hybridized carbons (Fsp3) is 0.250. The molecule has 0 saturated carbocycles. The van der Waals surface area contributed by atoms with Crippen LogP contribution in [-0.4, -0.2) is 13.3 Å². The van der Waals surface area contributed by atoms with Crippen LogP contribution in [0, 0.1) is 0 Å². The minimum absolute atomic E-state index is 0.215. The van der Waals surface area contributed by atoms with Gasteiger partial charge in [-0.3, -0.25) is 4.79 Å². The molecule has 0 saturated heterocycles. The molecule has 0 bridgehead atoms. The van der Waals surface area contributed by atoms with Gasteiger partial charge in [0, 0.05) is 13.2 Å². The summed E-state index contributed by atoms with van der Waals surface area (Å²) in [7, 11) is 1.68. The van der Waals surface area contributed by atoms with Crippen molar-refractivity contribution in [2.75, 3.05) is 7.05 Å². The number of carbonyl (C=O) groups is 1. The number of hydrogen-bond acceptors (Lipinski definition) is 3. The Labute approximate surface area is 56.2 Å². The quantitative estimate of drug-likeness (QED) is 0.392. The van der Waals surface area contributed by atoms with Crippen LogP contribution < -0.4 is 5.32 Å². The standard InChI is InChI=1S/C4H6BrNO2/c1-6-2-4(3-7)8-5/h2-3,6H,1H3/b4-2-. The van der Waals surface area contributed by atoms with Crippen molar-refractivity contribution in [2.24, 2.45) is 0 Å². The lowest BCUT2D eigenvalue weighted by molar-refractivity contribution is -0.106. The topological polar surface area (TPSA) is 38.3 Å². The van der Waals surface area contributed by atoms with Gasteiger partial charge in [-0.2, -0.15) is 0 Å². The summed E-state index contributed by atoms with van der Waals surface area (Å²) in [4.78, 5) is 9.86. The maximum atomic E-state index is 9.86. The molecule has 0 aromatic carbocycles. The van der Waals surface area contributed by atoms with E-state index in [1.54, 1.807) is 7.05 Å². The van der Waals surface area contributed by atoms with Gasteiger partial charge < -0.3 is 9.15 Å². The van der Waals surface area contributed by atoms with E-state index in [1.807, 2.05) is 0 Å². The lowest BCUT2D eigenvalue weighted by atomic mass is 10.6. The summed E-state index contributed by atoms with van der Waals surface area (Å²) in [6, 6.07) is 0. The van der Waals surface area contributed by atoms with Crippen molar-refractivity contribution in [2.45, 2.75) is 0 Å². The second-order valence-corrected chi connectivity index (χ2v) is 1.35. The van der Waals surface area contributed by atoms with Gasteiger partial charge in [-0.25, -0.2) is 0 Å². The first-order chi connectivity index (χ1) is 3.85. The van der Waals surface area contributed by atoms with Gasteiger partial charge in [0.2, 0.25) is 0 Å². The average molecular weight is 180 g/mol. The number of halogens is 1. The van der Waals surface area contributed by atoms with Crippen LogP contribution >= 0.6 is 16.3 Å². The fourth-order valence-electron chi connectivity index (χ4n) is 0.217. The lowest BCUT2D eigenvalue weighted by Gasteiger charge is -1.90. The third-order valence-electron chi connectivity index (χ3n) is 0.492. The molecule has 46 valence electrons. The molecule has 0 unspecified atom stereocenters. The Kier molecular flexibility index (Phi) is 4.35. The average Bonchev–Trinajstić information content (AvgIpc) is 1.83. The first-order valence-electron chi connectivity index (χ1n) is 1.96. The Balaban J connectivity index is 3.66.